The molecule has 2 unspecified atom stereocenters. The van der Waals surface area contributed by atoms with E-state index in [4.69, 9.17) is 10.3 Å². The number of hydrogen-bond donors (Lipinski definition) is 1. The van der Waals surface area contributed by atoms with Crippen LogP contribution in [-0.2, 0) is 5.54 Å². The molecule has 3 aliphatic carbocycles. The molecule has 1 aromatic rings. The molecule has 3 aliphatic rings. The zero-order valence-electron chi connectivity index (χ0n) is 10.8. The third-order valence-electron chi connectivity index (χ3n) is 5.32. The number of hydrogen-bond acceptors (Lipinski definition) is 4. The summed E-state index contributed by atoms with van der Waals surface area (Å²) in [6, 6.07) is 0. The van der Waals surface area contributed by atoms with Crippen LogP contribution in [0.3, 0.4) is 0 Å². The molecular formula is C14H21N3O. The molecule has 2 N–H and O–H groups in total. The Hall–Kier alpha value is -0.900. The predicted molar refractivity (Wildman–Crippen MR) is 66.8 cm³/mol. The molecule has 0 spiro atoms. The van der Waals surface area contributed by atoms with Gasteiger partial charge in [-0.05, 0) is 37.5 Å². The second-order valence-electron chi connectivity index (χ2n) is 6.46. The lowest BCUT2D eigenvalue weighted by molar-refractivity contribution is 0.272. The second kappa shape index (κ2) is 3.80. The molecular weight excluding hydrogens is 226 g/mol. The maximum absolute atomic E-state index is 6.45. The average molecular weight is 247 g/mol. The van der Waals surface area contributed by atoms with Crippen LogP contribution < -0.4 is 5.73 Å². The Labute approximate surface area is 107 Å². The summed E-state index contributed by atoms with van der Waals surface area (Å²) in [5, 5.41) is 4.19. The van der Waals surface area contributed by atoms with Gasteiger partial charge in [-0.2, -0.15) is 4.98 Å². The van der Waals surface area contributed by atoms with Crippen LogP contribution in [0.1, 0.15) is 69.0 Å². The third-order valence-corrected chi connectivity index (χ3v) is 5.32. The molecule has 0 amide bonds. The van der Waals surface area contributed by atoms with E-state index in [-0.39, 0.29) is 5.54 Å². The molecule has 4 rings (SSSR count). The molecule has 0 aromatic carbocycles. The molecule has 1 heterocycles. The van der Waals surface area contributed by atoms with Gasteiger partial charge in [0.2, 0.25) is 5.89 Å². The van der Waals surface area contributed by atoms with E-state index in [1.807, 2.05) is 0 Å². The van der Waals surface area contributed by atoms with Crippen LogP contribution in [0.25, 0.3) is 0 Å². The van der Waals surface area contributed by atoms with Crippen molar-refractivity contribution >= 4 is 0 Å². The van der Waals surface area contributed by atoms with E-state index in [1.54, 1.807) is 0 Å². The lowest BCUT2D eigenvalue weighted by atomic mass is 9.82. The standard InChI is InChI=1S/C14H21N3O/c15-14(7-2-1-3-8-14)13-16-12(18-17-13)11-9-5-4-6-10(9)11/h9-11H,1-8,15H2. The largest absolute Gasteiger partial charge is 0.339 e. The quantitative estimate of drug-likeness (QED) is 0.872. The van der Waals surface area contributed by atoms with Crippen molar-refractivity contribution in [3.63, 3.8) is 0 Å². The minimum Gasteiger partial charge on any atom is -0.339 e. The summed E-state index contributed by atoms with van der Waals surface area (Å²) in [5.74, 6) is 3.86. The molecule has 3 fully saturated rings. The Balaban J connectivity index is 1.55. The van der Waals surface area contributed by atoms with Crippen LogP contribution in [0.5, 0.6) is 0 Å². The van der Waals surface area contributed by atoms with Gasteiger partial charge in [-0.3, -0.25) is 0 Å². The van der Waals surface area contributed by atoms with Gasteiger partial charge in [0.15, 0.2) is 5.82 Å². The third kappa shape index (κ3) is 1.54. The molecule has 18 heavy (non-hydrogen) atoms. The van der Waals surface area contributed by atoms with Crippen molar-refractivity contribution in [2.24, 2.45) is 17.6 Å². The number of nitrogens with two attached hydrogens (primary N) is 1. The number of aromatic nitrogens is 2. The van der Waals surface area contributed by atoms with Crippen molar-refractivity contribution in [2.45, 2.75) is 62.8 Å². The molecule has 98 valence electrons. The minimum absolute atomic E-state index is 0.315. The summed E-state index contributed by atoms with van der Waals surface area (Å²) in [4.78, 5) is 4.65. The van der Waals surface area contributed by atoms with Crippen molar-refractivity contribution in [1.82, 2.24) is 10.1 Å². The van der Waals surface area contributed by atoms with Crippen LogP contribution in [0.4, 0.5) is 0 Å². The molecule has 2 atom stereocenters. The van der Waals surface area contributed by atoms with Gasteiger partial charge in [-0.25, -0.2) is 0 Å². The van der Waals surface area contributed by atoms with Gasteiger partial charge in [0, 0.05) is 5.92 Å². The highest BCUT2D eigenvalue weighted by Crippen LogP contribution is 2.62. The van der Waals surface area contributed by atoms with Gasteiger partial charge >= 0.3 is 0 Å². The maximum Gasteiger partial charge on any atom is 0.230 e. The summed E-state index contributed by atoms with van der Waals surface area (Å²) >= 11 is 0. The fraction of sp³-hybridized carbons (Fsp3) is 0.857. The zero-order valence-corrected chi connectivity index (χ0v) is 10.8. The SMILES string of the molecule is NC1(c2noc(C3C4CCCC43)n2)CCCCC1. The molecule has 0 bridgehead atoms. The second-order valence-corrected chi connectivity index (χ2v) is 6.46. The predicted octanol–water partition coefficient (Wildman–Crippen LogP) is 2.70. The van der Waals surface area contributed by atoms with Gasteiger partial charge in [0.05, 0.1) is 5.54 Å². The van der Waals surface area contributed by atoms with Gasteiger partial charge < -0.3 is 10.3 Å². The fourth-order valence-corrected chi connectivity index (χ4v) is 4.17. The van der Waals surface area contributed by atoms with Crippen LogP contribution in [-0.4, -0.2) is 10.1 Å². The summed E-state index contributed by atoms with van der Waals surface area (Å²) in [5.41, 5.74) is 6.13. The first-order valence-corrected chi connectivity index (χ1v) is 7.41. The van der Waals surface area contributed by atoms with Gasteiger partial charge in [-0.15, -0.1) is 0 Å². The van der Waals surface area contributed by atoms with E-state index in [2.05, 4.69) is 10.1 Å². The van der Waals surface area contributed by atoms with E-state index in [1.165, 1.54) is 38.5 Å². The van der Waals surface area contributed by atoms with Gasteiger partial charge in [0.1, 0.15) is 0 Å². The van der Waals surface area contributed by atoms with Gasteiger partial charge in [-0.1, -0.05) is 30.8 Å². The summed E-state index contributed by atoms with van der Waals surface area (Å²) < 4.78 is 5.50. The Morgan fingerprint density at radius 2 is 1.78 bits per heavy atom. The number of fused-ring (bicyclic) bond motifs is 1. The maximum atomic E-state index is 6.45. The summed E-state index contributed by atoms with van der Waals surface area (Å²) in [7, 11) is 0. The monoisotopic (exact) mass is 247 g/mol. The molecule has 3 saturated carbocycles. The van der Waals surface area contributed by atoms with Crippen molar-refractivity contribution < 1.29 is 4.52 Å². The summed E-state index contributed by atoms with van der Waals surface area (Å²) in [6.45, 7) is 0. The Bertz CT molecular complexity index is 440. The fourth-order valence-electron chi connectivity index (χ4n) is 4.17. The van der Waals surface area contributed by atoms with Crippen molar-refractivity contribution in [3.05, 3.63) is 11.7 Å². The topological polar surface area (TPSA) is 64.9 Å². The van der Waals surface area contributed by atoms with Crippen LogP contribution >= 0.6 is 0 Å². The van der Waals surface area contributed by atoms with Crippen LogP contribution in [0.15, 0.2) is 4.52 Å². The molecule has 0 radical (unpaired) electrons. The first kappa shape index (κ1) is 11.0. The van der Waals surface area contributed by atoms with Crippen molar-refractivity contribution in [3.8, 4) is 0 Å². The lowest BCUT2D eigenvalue weighted by Crippen LogP contribution is -2.39. The first-order valence-electron chi connectivity index (χ1n) is 7.41. The molecule has 1 aromatic heterocycles. The molecule has 0 saturated heterocycles. The van der Waals surface area contributed by atoms with Crippen LogP contribution in [0, 0.1) is 11.8 Å². The van der Waals surface area contributed by atoms with Crippen LogP contribution in [0.2, 0.25) is 0 Å². The smallest absolute Gasteiger partial charge is 0.230 e. The number of nitrogens with zero attached hydrogens (tertiary/aromatic N) is 2. The highest BCUT2D eigenvalue weighted by Gasteiger charge is 2.56. The normalized spacial score (nSPS) is 37.5. The average Bonchev–Trinajstić information content (AvgIpc) is 2.83. The van der Waals surface area contributed by atoms with E-state index in [9.17, 15) is 0 Å². The highest BCUT2D eigenvalue weighted by atomic mass is 16.5. The van der Waals surface area contributed by atoms with E-state index < -0.39 is 0 Å². The van der Waals surface area contributed by atoms with E-state index in [0.717, 1.165) is 36.4 Å². The molecule has 4 nitrogen and oxygen atoms in total. The van der Waals surface area contributed by atoms with E-state index in [0.29, 0.717) is 5.92 Å². The molecule has 4 heteroatoms. The highest BCUT2D eigenvalue weighted by molar-refractivity contribution is 5.17. The zero-order chi connectivity index (χ0) is 12.2. The van der Waals surface area contributed by atoms with E-state index >= 15 is 0 Å². The minimum atomic E-state index is -0.315. The van der Waals surface area contributed by atoms with Crippen molar-refractivity contribution in [1.29, 1.82) is 0 Å². The Morgan fingerprint density at radius 3 is 2.50 bits per heavy atom. The number of rotatable bonds is 2. The first-order chi connectivity index (χ1) is 8.78. The summed E-state index contributed by atoms with van der Waals surface area (Å²) in [6.07, 6.45) is 9.75. The Kier molecular flexibility index (Phi) is 2.31. The lowest BCUT2D eigenvalue weighted by Gasteiger charge is -2.29. The van der Waals surface area contributed by atoms with Crippen molar-refractivity contribution in [2.75, 3.05) is 0 Å². The van der Waals surface area contributed by atoms with Gasteiger partial charge in [0.25, 0.3) is 0 Å². The Morgan fingerprint density at radius 1 is 1.06 bits per heavy atom. The molecule has 0 aliphatic heterocycles.